The molecule has 0 spiro atoms. The Kier molecular flexibility index (Phi) is 3.68. The number of hydrogen-bond donors (Lipinski definition) is 1. The van der Waals surface area contributed by atoms with Gasteiger partial charge in [-0.2, -0.15) is 0 Å². The summed E-state index contributed by atoms with van der Waals surface area (Å²) in [5.74, 6) is 0.940. The number of rotatable bonds is 5. The van der Waals surface area contributed by atoms with E-state index in [1.165, 1.54) is 38.6 Å². The summed E-state index contributed by atoms with van der Waals surface area (Å²) >= 11 is 0. The lowest BCUT2D eigenvalue weighted by atomic mass is 9.87. The Morgan fingerprint density at radius 3 is 2.47 bits per heavy atom. The molecule has 1 heterocycles. The first-order valence-electron chi connectivity index (χ1n) is 6.51. The van der Waals surface area contributed by atoms with E-state index in [2.05, 4.69) is 19.2 Å². The Morgan fingerprint density at radius 1 is 1.27 bits per heavy atom. The van der Waals surface area contributed by atoms with Crippen LogP contribution in [-0.4, -0.2) is 25.8 Å². The van der Waals surface area contributed by atoms with Gasteiger partial charge in [-0.25, -0.2) is 0 Å². The van der Waals surface area contributed by atoms with E-state index in [1.807, 2.05) is 0 Å². The summed E-state index contributed by atoms with van der Waals surface area (Å²) in [4.78, 5) is 0. The molecule has 88 valence electrons. The number of hydrogen-bond acceptors (Lipinski definition) is 2. The van der Waals surface area contributed by atoms with Crippen molar-refractivity contribution in [3.63, 3.8) is 0 Å². The lowest BCUT2D eigenvalue weighted by Gasteiger charge is -2.27. The fourth-order valence-corrected chi connectivity index (χ4v) is 2.61. The average molecular weight is 211 g/mol. The molecule has 1 aliphatic heterocycles. The summed E-state index contributed by atoms with van der Waals surface area (Å²) in [5.41, 5.74) is 0.673. The van der Waals surface area contributed by atoms with Gasteiger partial charge in [0.15, 0.2) is 0 Å². The summed E-state index contributed by atoms with van der Waals surface area (Å²) in [6.07, 6.45) is 6.93. The fraction of sp³-hybridized carbons (Fsp3) is 1.00. The quantitative estimate of drug-likeness (QED) is 0.754. The third kappa shape index (κ3) is 3.46. The van der Waals surface area contributed by atoms with Crippen molar-refractivity contribution in [3.05, 3.63) is 0 Å². The minimum Gasteiger partial charge on any atom is -0.381 e. The standard InChI is InChI=1S/C13H25NO/c1-11(2)14-10-13(5-6-13)9-12-3-7-15-8-4-12/h11-12,14H,3-10H2,1-2H3. The fourth-order valence-electron chi connectivity index (χ4n) is 2.61. The van der Waals surface area contributed by atoms with E-state index < -0.39 is 0 Å². The van der Waals surface area contributed by atoms with Crippen molar-refractivity contribution in [1.29, 1.82) is 0 Å². The van der Waals surface area contributed by atoms with Crippen molar-refractivity contribution in [2.24, 2.45) is 11.3 Å². The van der Waals surface area contributed by atoms with Crippen LogP contribution in [0.5, 0.6) is 0 Å². The molecule has 2 nitrogen and oxygen atoms in total. The first-order valence-corrected chi connectivity index (χ1v) is 6.51. The second kappa shape index (κ2) is 4.84. The zero-order valence-corrected chi connectivity index (χ0v) is 10.2. The van der Waals surface area contributed by atoms with Crippen molar-refractivity contribution in [2.45, 2.75) is 52.0 Å². The van der Waals surface area contributed by atoms with Gasteiger partial charge in [0.1, 0.15) is 0 Å². The van der Waals surface area contributed by atoms with Crippen molar-refractivity contribution < 1.29 is 4.74 Å². The third-order valence-corrected chi connectivity index (χ3v) is 3.90. The minimum atomic E-state index is 0.636. The van der Waals surface area contributed by atoms with E-state index in [0.717, 1.165) is 19.1 Å². The molecule has 2 heteroatoms. The SMILES string of the molecule is CC(C)NCC1(CC2CCOCC2)CC1. The lowest BCUT2D eigenvalue weighted by Crippen LogP contribution is -2.31. The first-order chi connectivity index (χ1) is 7.20. The monoisotopic (exact) mass is 211 g/mol. The molecule has 0 bridgehead atoms. The maximum absolute atomic E-state index is 5.42. The Morgan fingerprint density at radius 2 is 1.93 bits per heavy atom. The Hall–Kier alpha value is -0.0800. The molecular formula is C13H25NO. The summed E-state index contributed by atoms with van der Waals surface area (Å²) in [5, 5.41) is 3.61. The molecule has 15 heavy (non-hydrogen) atoms. The van der Waals surface area contributed by atoms with Crippen LogP contribution >= 0.6 is 0 Å². The molecule has 0 aromatic carbocycles. The summed E-state index contributed by atoms with van der Waals surface area (Å²) < 4.78 is 5.42. The van der Waals surface area contributed by atoms with Crippen LogP contribution in [0.15, 0.2) is 0 Å². The molecular weight excluding hydrogens is 186 g/mol. The van der Waals surface area contributed by atoms with Gasteiger partial charge in [0.05, 0.1) is 0 Å². The number of ether oxygens (including phenoxy) is 1. The minimum absolute atomic E-state index is 0.636. The second-order valence-corrected chi connectivity index (χ2v) is 5.80. The van der Waals surface area contributed by atoms with Crippen LogP contribution in [0.1, 0.15) is 46.0 Å². The summed E-state index contributed by atoms with van der Waals surface area (Å²) in [6.45, 7) is 7.72. The van der Waals surface area contributed by atoms with Crippen LogP contribution < -0.4 is 5.32 Å². The molecule has 2 aliphatic rings. The molecule has 1 saturated heterocycles. The second-order valence-electron chi connectivity index (χ2n) is 5.80. The van der Waals surface area contributed by atoms with Gasteiger partial charge in [-0.15, -0.1) is 0 Å². The van der Waals surface area contributed by atoms with Gasteiger partial charge >= 0.3 is 0 Å². The van der Waals surface area contributed by atoms with Crippen LogP contribution in [0.3, 0.4) is 0 Å². The van der Waals surface area contributed by atoms with Crippen molar-refractivity contribution in [2.75, 3.05) is 19.8 Å². The zero-order chi connectivity index (χ0) is 10.7. The van der Waals surface area contributed by atoms with E-state index in [1.54, 1.807) is 0 Å². The largest absolute Gasteiger partial charge is 0.381 e. The van der Waals surface area contributed by atoms with Gasteiger partial charge in [-0.05, 0) is 43.4 Å². The van der Waals surface area contributed by atoms with Gasteiger partial charge < -0.3 is 10.1 Å². The molecule has 0 aromatic rings. The molecule has 2 rings (SSSR count). The Balaban J connectivity index is 1.72. The van der Waals surface area contributed by atoms with Crippen molar-refractivity contribution >= 4 is 0 Å². The summed E-state index contributed by atoms with van der Waals surface area (Å²) in [7, 11) is 0. The maximum Gasteiger partial charge on any atom is 0.0468 e. The Bertz CT molecular complexity index is 193. The predicted molar refractivity (Wildman–Crippen MR) is 63.0 cm³/mol. The molecule has 2 fully saturated rings. The molecule has 1 N–H and O–H groups in total. The number of nitrogens with one attached hydrogen (secondary N) is 1. The predicted octanol–water partition coefficient (Wildman–Crippen LogP) is 2.58. The maximum atomic E-state index is 5.42. The van der Waals surface area contributed by atoms with Gasteiger partial charge in [-0.1, -0.05) is 13.8 Å². The topological polar surface area (TPSA) is 21.3 Å². The van der Waals surface area contributed by atoms with Crippen molar-refractivity contribution in [3.8, 4) is 0 Å². The van der Waals surface area contributed by atoms with E-state index >= 15 is 0 Å². The van der Waals surface area contributed by atoms with Gasteiger partial charge in [-0.3, -0.25) is 0 Å². The molecule has 0 amide bonds. The normalized spacial score (nSPS) is 25.8. The Labute approximate surface area is 93.8 Å². The molecule has 1 aliphatic carbocycles. The van der Waals surface area contributed by atoms with E-state index in [9.17, 15) is 0 Å². The van der Waals surface area contributed by atoms with Gasteiger partial charge in [0.2, 0.25) is 0 Å². The van der Waals surface area contributed by atoms with Crippen LogP contribution in [0, 0.1) is 11.3 Å². The van der Waals surface area contributed by atoms with Crippen LogP contribution in [0.2, 0.25) is 0 Å². The van der Waals surface area contributed by atoms with Gasteiger partial charge in [0, 0.05) is 25.8 Å². The first kappa shape index (κ1) is 11.4. The highest BCUT2D eigenvalue weighted by Gasteiger charge is 2.43. The third-order valence-electron chi connectivity index (χ3n) is 3.90. The molecule has 0 atom stereocenters. The highest BCUT2D eigenvalue weighted by Crippen LogP contribution is 2.51. The summed E-state index contributed by atoms with van der Waals surface area (Å²) in [6, 6.07) is 0.636. The lowest BCUT2D eigenvalue weighted by molar-refractivity contribution is 0.0567. The van der Waals surface area contributed by atoms with Crippen LogP contribution in [-0.2, 0) is 4.74 Å². The van der Waals surface area contributed by atoms with Crippen LogP contribution in [0.4, 0.5) is 0 Å². The molecule has 1 saturated carbocycles. The smallest absolute Gasteiger partial charge is 0.0468 e. The molecule has 0 aromatic heterocycles. The van der Waals surface area contributed by atoms with E-state index in [0.29, 0.717) is 11.5 Å². The average Bonchev–Trinajstić information content (AvgIpc) is 2.97. The highest BCUT2D eigenvalue weighted by molar-refractivity contribution is 4.96. The highest BCUT2D eigenvalue weighted by atomic mass is 16.5. The van der Waals surface area contributed by atoms with E-state index in [-0.39, 0.29) is 0 Å². The van der Waals surface area contributed by atoms with E-state index in [4.69, 9.17) is 4.74 Å². The van der Waals surface area contributed by atoms with Crippen LogP contribution in [0.25, 0.3) is 0 Å². The van der Waals surface area contributed by atoms with Gasteiger partial charge in [0.25, 0.3) is 0 Å². The van der Waals surface area contributed by atoms with Crippen molar-refractivity contribution in [1.82, 2.24) is 5.32 Å². The molecule has 0 unspecified atom stereocenters. The zero-order valence-electron chi connectivity index (χ0n) is 10.2. The molecule has 0 radical (unpaired) electrons.